The summed E-state index contributed by atoms with van der Waals surface area (Å²) in [7, 11) is 1.96. The van der Waals surface area contributed by atoms with Gasteiger partial charge < -0.3 is 10.2 Å². The third-order valence-electron chi connectivity index (χ3n) is 9.80. The van der Waals surface area contributed by atoms with E-state index in [4.69, 9.17) is 23.2 Å². The second kappa shape index (κ2) is 7.98. The number of hydrogen-bond acceptors (Lipinski definition) is 3. The molecule has 0 spiro atoms. The monoisotopic (exact) mass is 489 g/mol. The molecule has 0 radical (unpaired) electrons. The summed E-state index contributed by atoms with van der Waals surface area (Å²) < 4.78 is 0. The molecule has 0 bridgehead atoms. The van der Waals surface area contributed by atoms with Crippen LogP contribution < -0.4 is 5.32 Å². The van der Waals surface area contributed by atoms with Crippen molar-refractivity contribution in [2.45, 2.75) is 58.9 Å². The summed E-state index contributed by atoms with van der Waals surface area (Å²) in [6.07, 6.45) is 9.23. The van der Waals surface area contributed by atoms with Crippen molar-refractivity contribution in [1.29, 1.82) is 0 Å². The maximum absolute atomic E-state index is 13.4. The molecule has 0 aromatic carbocycles. The number of hydrogen-bond donors (Lipinski definition) is 1. The lowest BCUT2D eigenvalue weighted by Crippen LogP contribution is -2.62. The van der Waals surface area contributed by atoms with Gasteiger partial charge >= 0.3 is 0 Å². The van der Waals surface area contributed by atoms with Crippen molar-refractivity contribution in [1.82, 2.24) is 9.88 Å². The number of halogens is 2. The van der Waals surface area contributed by atoms with E-state index in [9.17, 15) is 9.59 Å². The molecule has 7 heteroatoms. The highest BCUT2D eigenvalue weighted by atomic mass is 35.5. The number of likely N-dealkylation sites (N-methyl/N-ethyl adjacent to an activating group) is 1. The molecule has 1 aliphatic heterocycles. The number of anilines is 1. The zero-order valence-corrected chi connectivity index (χ0v) is 21.3. The van der Waals surface area contributed by atoms with Crippen LogP contribution in [0.5, 0.6) is 0 Å². The van der Waals surface area contributed by atoms with Crippen molar-refractivity contribution in [3.8, 4) is 0 Å². The van der Waals surface area contributed by atoms with E-state index in [1.165, 1.54) is 0 Å². The van der Waals surface area contributed by atoms with Gasteiger partial charge in [-0.05, 0) is 79.4 Å². The SMILES string of the molecule is CC1C[C@@H]2[C@H](CC[C@]3(C)[C@@H](C(=O)Nc4ccc(Cl)nc4Cl)CC[C@@H]23)[C@@]2(C)C=CC(=O)N(C)[C@H]12. The second-order valence-electron chi connectivity index (χ2n) is 11.3. The van der Waals surface area contributed by atoms with Crippen LogP contribution in [0, 0.1) is 40.4 Å². The van der Waals surface area contributed by atoms with E-state index in [1.807, 2.05) is 11.9 Å². The van der Waals surface area contributed by atoms with Crippen molar-refractivity contribution >= 4 is 40.7 Å². The third kappa shape index (κ3) is 3.44. The number of carbonyl (C=O) groups excluding carboxylic acids is 2. The zero-order valence-electron chi connectivity index (χ0n) is 19.8. The normalized spacial score (nSPS) is 41.9. The predicted octanol–water partition coefficient (Wildman–Crippen LogP) is 5.83. The molecule has 1 aromatic rings. The quantitative estimate of drug-likeness (QED) is 0.531. The van der Waals surface area contributed by atoms with Crippen molar-refractivity contribution in [2.75, 3.05) is 12.4 Å². The molecule has 1 aromatic heterocycles. The molecule has 1 unspecified atom stereocenters. The Balaban J connectivity index is 1.40. The van der Waals surface area contributed by atoms with Crippen molar-refractivity contribution in [3.05, 3.63) is 34.6 Å². The number of amides is 2. The van der Waals surface area contributed by atoms with E-state index < -0.39 is 0 Å². The van der Waals surface area contributed by atoms with Gasteiger partial charge in [0.05, 0.1) is 5.69 Å². The molecule has 5 nitrogen and oxygen atoms in total. The molecule has 4 aliphatic rings. The van der Waals surface area contributed by atoms with Crippen LogP contribution in [0.15, 0.2) is 24.3 Å². The van der Waals surface area contributed by atoms with Gasteiger partial charge in [-0.3, -0.25) is 9.59 Å². The number of pyridine rings is 1. The van der Waals surface area contributed by atoms with Crippen molar-refractivity contribution in [2.24, 2.45) is 40.4 Å². The fourth-order valence-corrected chi connectivity index (χ4v) is 8.85. The Bertz CT molecular complexity index is 1030. The maximum atomic E-state index is 13.4. The minimum atomic E-state index is -0.0396. The van der Waals surface area contributed by atoms with E-state index >= 15 is 0 Å². The lowest BCUT2D eigenvalue weighted by molar-refractivity contribution is -0.147. The minimum absolute atomic E-state index is 0.00479. The van der Waals surface area contributed by atoms with Crippen LogP contribution in [-0.2, 0) is 9.59 Å². The Labute approximate surface area is 206 Å². The number of aromatic nitrogens is 1. The van der Waals surface area contributed by atoms with Gasteiger partial charge in [0.15, 0.2) is 5.15 Å². The van der Waals surface area contributed by atoms with Crippen molar-refractivity contribution < 1.29 is 9.59 Å². The molecule has 3 aliphatic carbocycles. The van der Waals surface area contributed by atoms with Crippen LogP contribution >= 0.6 is 23.2 Å². The molecule has 5 rings (SSSR count). The summed E-state index contributed by atoms with van der Waals surface area (Å²) in [6.45, 7) is 7.00. The maximum Gasteiger partial charge on any atom is 0.246 e. The van der Waals surface area contributed by atoms with Gasteiger partial charge in [0, 0.05) is 24.4 Å². The molecule has 2 heterocycles. The molecule has 3 fully saturated rings. The molecule has 3 saturated carbocycles. The van der Waals surface area contributed by atoms with Gasteiger partial charge in [0.1, 0.15) is 5.15 Å². The average Bonchev–Trinajstić information content (AvgIpc) is 3.10. The predicted molar refractivity (Wildman–Crippen MR) is 131 cm³/mol. The first kappa shape index (κ1) is 23.2. The van der Waals surface area contributed by atoms with Gasteiger partial charge in [0.2, 0.25) is 11.8 Å². The van der Waals surface area contributed by atoms with E-state index in [1.54, 1.807) is 18.2 Å². The molecule has 0 saturated heterocycles. The number of rotatable bonds is 2. The largest absolute Gasteiger partial charge is 0.338 e. The van der Waals surface area contributed by atoms with Crippen LogP contribution in [0.4, 0.5) is 5.69 Å². The molecule has 33 heavy (non-hydrogen) atoms. The summed E-state index contributed by atoms with van der Waals surface area (Å²) in [5, 5.41) is 3.57. The van der Waals surface area contributed by atoms with Gasteiger partial charge in [-0.15, -0.1) is 0 Å². The average molecular weight is 490 g/mol. The fraction of sp³-hybridized carbons (Fsp3) is 0.654. The smallest absolute Gasteiger partial charge is 0.246 e. The lowest BCUT2D eigenvalue weighted by atomic mass is 9.46. The molecule has 8 atom stereocenters. The second-order valence-corrected chi connectivity index (χ2v) is 12.1. The molecular formula is C26H33Cl2N3O2. The minimum Gasteiger partial charge on any atom is -0.338 e. The Kier molecular flexibility index (Phi) is 5.60. The van der Waals surface area contributed by atoms with Gasteiger partial charge in [-0.1, -0.05) is 50.0 Å². The molecule has 2 amide bonds. The first-order valence-corrected chi connectivity index (χ1v) is 12.9. The van der Waals surface area contributed by atoms with Crippen LogP contribution in [0.1, 0.15) is 52.9 Å². The number of carbonyl (C=O) groups is 2. The van der Waals surface area contributed by atoms with E-state index in [-0.39, 0.29) is 39.8 Å². The zero-order chi connectivity index (χ0) is 23.7. The van der Waals surface area contributed by atoms with Gasteiger partial charge in [-0.2, -0.15) is 0 Å². The Morgan fingerprint density at radius 3 is 2.67 bits per heavy atom. The van der Waals surface area contributed by atoms with E-state index in [2.05, 4.69) is 37.1 Å². The van der Waals surface area contributed by atoms with Crippen LogP contribution in [0.2, 0.25) is 10.3 Å². The van der Waals surface area contributed by atoms with Gasteiger partial charge in [0.25, 0.3) is 0 Å². The Hall–Kier alpha value is -1.59. The summed E-state index contributed by atoms with van der Waals surface area (Å²) >= 11 is 12.1. The van der Waals surface area contributed by atoms with Crippen molar-refractivity contribution in [3.63, 3.8) is 0 Å². The summed E-state index contributed by atoms with van der Waals surface area (Å²) in [4.78, 5) is 31.9. The van der Waals surface area contributed by atoms with E-state index in [0.29, 0.717) is 34.5 Å². The standard InChI is InChI=1S/C26H33Cl2N3O2/c1-14-13-15-16-5-6-18(24(33)29-19-7-8-20(27)30-23(19)28)25(16,2)11-9-17(15)26(3)12-10-21(32)31(4)22(14)26/h7-8,10,12,14-18,22H,5-6,9,11,13H2,1-4H3,(H,29,33)/t14?,15-,16-,17-,18+,22+,25-,26+/m0/s1. The Morgan fingerprint density at radius 1 is 1.18 bits per heavy atom. The van der Waals surface area contributed by atoms with Gasteiger partial charge in [-0.25, -0.2) is 4.98 Å². The highest BCUT2D eigenvalue weighted by molar-refractivity contribution is 6.34. The van der Waals surface area contributed by atoms with E-state index in [0.717, 1.165) is 32.1 Å². The Morgan fingerprint density at radius 2 is 1.94 bits per heavy atom. The topological polar surface area (TPSA) is 62.3 Å². The highest BCUT2D eigenvalue weighted by Gasteiger charge is 2.62. The number of nitrogens with zero attached hydrogens (tertiary/aromatic N) is 2. The highest BCUT2D eigenvalue weighted by Crippen LogP contribution is 2.66. The van der Waals surface area contributed by atoms with Crippen LogP contribution in [0.25, 0.3) is 0 Å². The number of nitrogens with one attached hydrogen (secondary N) is 1. The first-order valence-electron chi connectivity index (χ1n) is 12.1. The van der Waals surface area contributed by atoms with Crippen LogP contribution in [0.3, 0.4) is 0 Å². The fourth-order valence-electron chi connectivity index (χ4n) is 8.46. The number of fused-ring (bicyclic) bond motifs is 5. The molecule has 1 N–H and O–H groups in total. The summed E-state index contributed by atoms with van der Waals surface area (Å²) in [5.41, 5.74) is 0.490. The van der Waals surface area contributed by atoms with Crippen LogP contribution in [-0.4, -0.2) is 34.8 Å². The lowest BCUT2D eigenvalue weighted by Gasteiger charge is -2.62. The first-order chi connectivity index (χ1) is 15.6. The summed E-state index contributed by atoms with van der Waals surface area (Å²) in [6, 6.07) is 3.62. The third-order valence-corrected chi connectivity index (χ3v) is 10.3. The molecular weight excluding hydrogens is 457 g/mol. The summed E-state index contributed by atoms with van der Waals surface area (Å²) in [5.74, 6) is 2.19. The molecule has 178 valence electrons.